The molecule has 3 aliphatic rings. The van der Waals surface area contributed by atoms with E-state index < -0.39 is 0 Å². The van der Waals surface area contributed by atoms with Crippen molar-refractivity contribution in [1.82, 2.24) is 5.32 Å². The fourth-order valence-electron chi connectivity index (χ4n) is 4.60. The first kappa shape index (κ1) is 17.8. The second-order valence-electron chi connectivity index (χ2n) is 7.80. The summed E-state index contributed by atoms with van der Waals surface area (Å²) in [7, 11) is 0. The lowest BCUT2D eigenvalue weighted by molar-refractivity contribution is -0.0259. The molecule has 3 heterocycles. The van der Waals surface area contributed by atoms with Crippen LogP contribution in [-0.2, 0) is 9.47 Å². The van der Waals surface area contributed by atoms with Crippen LogP contribution in [0.15, 0.2) is 24.3 Å². The molecule has 1 aromatic rings. The van der Waals surface area contributed by atoms with E-state index in [9.17, 15) is 4.79 Å². The van der Waals surface area contributed by atoms with Gasteiger partial charge in [-0.2, -0.15) is 0 Å². The highest BCUT2D eigenvalue weighted by Gasteiger charge is 2.34. The van der Waals surface area contributed by atoms with Crippen molar-refractivity contribution >= 4 is 11.6 Å². The van der Waals surface area contributed by atoms with Crippen molar-refractivity contribution in [3.8, 4) is 0 Å². The van der Waals surface area contributed by atoms with Gasteiger partial charge in [-0.1, -0.05) is 0 Å². The maximum atomic E-state index is 12.8. The zero-order valence-corrected chi connectivity index (χ0v) is 15.5. The van der Waals surface area contributed by atoms with Crippen molar-refractivity contribution < 1.29 is 14.3 Å². The summed E-state index contributed by atoms with van der Waals surface area (Å²) in [6.45, 7) is 5.41. The van der Waals surface area contributed by atoms with Gasteiger partial charge in [-0.15, -0.1) is 0 Å². The van der Waals surface area contributed by atoms with E-state index in [0.717, 1.165) is 64.3 Å². The molecule has 0 unspecified atom stereocenters. The van der Waals surface area contributed by atoms with Crippen molar-refractivity contribution in [2.45, 2.75) is 38.1 Å². The third-order valence-electron chi connectivity index (χ3n) is 6.19. The number of carbonyl (C=O) groups is 1. The van der Waals surface area contributed by atoms with Crippen LogP contribution in [0.5, 0.6) is 0 Å². The summed E-state index contributed by atoms with van der Waals surface area (Å²) in [5.41, 5.74) is 1.98. The number of ether oxygens (including phenoxy) is 2. The van der Waals surface area contributed by atoms with Crippen LogP contribution < -0.4 is 10.2 Å². The maximum Gasteiger partial charge on any atom is 0.251 e. The van der Waals surface area contributed by atoms with Crippen LogP contribution in [0.25, 0.3) is 0 Å². The Labute approximate surface area is 156 Å². The molecule has 3 fully saturated rings. The number of carbonyl (C=O) groups excluding carboxylic acids is 1. The molecule has 2 atom stereocenters. The SMILES string of the molecule is O=C(N[C@H]1CCOC[C@H]1C1CCOCC1)c1ccc(N2CCCC2)cc1. The number of anilines is 1. The Hall–Kier alpha value is -1.59. The minimum absolute atomic E-state index is 0.0435. The number of amides is 1. The van der Waals surface area contributed by atoms with Gasteiger partial charge in [0.1, 0.15) is 0 Å². The summed E-state index contributed by atoms with van der Waals surface area (Å²) >= 11 is 0. The van der Waals surface area contributed by atoms with Crippen molar-refractivity contribution in [3.05, 3.63) is 29.8 Å². The van der Waals surface area contributed by atoms with Crippen LogP contribution in [0, 0.1) is 11.8 Å². The number of benzene rings is 1. The average molecular weight is 358 g/mol. The number of hydrogen-bond acceptors (Lipinski definition) is 4. The predicted octanol–water partition coefficient (Wildman–Crippen LogP) is 2.85. The molecule has 26 heavy (non-hydrogen) atoms. The molecular weight excluding hydrogens is 328 g/mol. The standard InChI is InChI=1S/C21H30N2O3/c24-21(17-3-5-18(6-4-17)23-10-1-2-11-23)22-20-9-14-26-15-19(20)16-7-12-25-13-8-16/h3-6,16,19-20H,1-2,7-15H2,(H,22,24)/t19-,20-/m0/s1. The monoisotopic (exact) mass is 358 g/mol. The maximum absolute atomic E-state index is 12.8. The van der Waals surface area contributed by atoms with Crippen molar-refractivity contribution in [1.29, 1.82) is 0 Å². The Morgan fingerprint density at radius 2 is 1.65 bits per heavy atom. The van der Waals surface area contributed by atoms with Gasteiger partial charge in [-0.3, -0.25) is 4.79 Å². The van der Waals surface area contributed by atoms with Gasteiger partial charge in [-0.25, -0.2) is 0 Å². The van der Waals surface area contributed by atoms with Crippen LogP contribution in [0.4, 0.5) is 5.69 Å². The lowest BCUT2D eigenvalue weighted by Gasteiger charge is -2.39. The van der Waals surface area contributed by atoms with E-state index in [4.69, 9.17) is 9.47 Å². The molecule has 3 saturated heterocycles. The summed E-state index contributed by atoms with van der Waals surface area (Å²) < 4.78 is 11.2. The molecule has 0 bridgehead atoms. The molecule has 1 N–H and O–H groups in total. The van der Waals surface area contributed by atoms with Crippen LogP contribution in [0.2, 0.25) is 0 Å². The topological polar surface area (TPSA) is 50.8 Å². The lowest BCUT2D eigenvalue weighted by Crippen LogP contribution is -2.49. The second-order valence-corrected chi connectivity index (χ2v) is 7.80. The van der Waals surface area contributed by atoms with Gasteiger partial charge in [0.2, 0.25) is 0 Å². The summed E-state index contributed by atoms with van der Waals surface area (Å²) in [5, 5.41) is 3.30. The Kier molecular flexibility index (Phi) is 5.75. The molecule has 142 valence electrons. The molecule has 3 aliphatic heterocycles. The zero-order valence-electron chi connectivity index (χ0n) is 15.5. The quantitative estimate of drug-likeness (QED) is 0.899. The zero-order chi connectivity index (χ0) is 17.8. The van der Waals surface area contributed by atoms with Gasteiger partial charge in [0.25, 0.3) is 5.91 Å². The van der Waals surface area contributed by atoms with Crippen LogP contribution >= 0.6 is 0 Å². The van der Waals surface area contributed by atoms with E-state index in [2.05, 4.69) is 22.3 Å². The normalized spacial score (nSPS) is 27.5. The third kappa shape index (κ3) is 4.04. The van der Waals surface area contributed by atoms with Crippen LogP contribution in [0.1, 0.15) is 42.5 Å². The molecule has 0 spiro atoms. The van der Waals surface area contributed by atoms with Gasteiger partial charge >= 0.3 is 0 Å². The highest BCUT2D eigenvalue weighted by molar-refractivity contribution is 5.94. The Bertz CT molecular complexity index is 592. The molecule has 0 radical (unpaired) electrons. The van der Waals surface area contributed by atoms with E-state index in [1.165, 1.54) is 18.5 Å². The molecule has 5 nitrogen and oxygen atoms in total. The van der Waals surface area contributed by atoms with Crippen molar-refractivity contribution in [2.75, 3.05) is 44.4 Å². The van der Waals surface area contributed by atoms with E-state index in [1.807, 2.05) is 12.1 Å². The van der Waals surface area contributed by atoms with E-state index >= 15 is 0 Å². The van der Waals surface area contributed by atoms with Gasteiger partial charge in [0.05, 0.1) is 6.61 Å². The van der Waals surface area contributed by atoms with Crippen LogP contribution in [0.3, 0.4) is 0 Å². The van der Waals surface area contributed by atoms with E-state index in [0.29, 0.717) is 11.8 Å². The average Bonchev–Trinajstić information content (AvgIpc) is 3.24. The summed E-state index contributed by atoms with van der Waals surface area (Å²) in [5.74, 6) is 1.04. The van der Waals surface area contributed by atoms with Crippen LogP contribution in [-0.4, -0.2) is 51.5 Å². The highest BCUT2D eigenvalue weighted by Crippen LogP contribution is 2.30. The van der Waals surface area contributed by atoms with Gasteiger partial charge in [-0.05, 0) is 62.3 Å². The third-order valence-corrected chi connectivity index (χ3v) is 6.19. The molecular formula is C21H30N2O3. The Balaban J connectivity index is 1.39. The Morgan fingerprint density at radius 1 is 0.962 bits per heavy atom. The summed E-state index contributed by atoms with van der Waals surface area (Å²) in [6, 6.07) is 8.30. The molecule has 1 amide bonds. The van der Waals surface area contributed by atoms with Gasteiger partial charge in [0.15, 0.2) is 0 Å². The first-order valence-electron chi connectivity index (χ1n) is 10.1. The number of hydrogen-bond donors (Lipinski definition) is 1. The molecule has 0 aromatic heterocycles. The van der Waals surface area contributed by atoms with Gasteiger partial charge < -0.3 is 19.7 Å². The Morgan fingerprint density at radius 3 is 2.38 bits per heavy atom. The first-order chi connectivity index (χ1) is 12.8. The fraction of sp³-hybridized carbons (Fsp3) is 0.667. The van der Waals surface area contributed by atoms with Crippen molar-refractivity contribution in [2.24, 2.45) is 11.8 Å². The minimum Gasteiger partial charge on any atom is -0.381 e. The molecule has 1 aromatic carbocycles. The molecule has 0 aliphatic carbocycles. The number of rotatable bonds is 4. The number of nitrogens with one attached hydrogen (secondary N) is 1. The number of nitrogens with zero attached hydrogens (tertiary/aromatic N) is 1. The molecule has 0 saturated carbocycles. The van der Waals surface area contributed by atoms with E-state index in [-0.39, 0.29) is 11.9 Å². The van der Waals surface area contributed by atoms with Crippen molar-refractivity contribution in [3.63, 3.8) is 0 Å². The minimum atomic E-state index is 0.0435. The second kappa shape index (κ2) is 8.40. The largest absolute Gasteiger partial charge is 0.381 e. The fourth-order valence-corrected chi connectivity index (χ4v) is 4.60. The molecule has 4 rings (SSSR count). The highest BCUT2D eigenvalue weighted by atomic mass is 16.5. The van der Waals surface area contributed by atoms with E-state index in [1.54, 1.807) is 0 Å². The summed E-state index contributed by atoms with van der Waals surface area (Å²) in [4.78, 5) is 15.2. The lowest BCUT2D eigenvalue weighted by atomic mass is 9.79. The molecule has 5 heteroatoms. The smallest absolute Gasteiger partial charge is 0.251 e. The summed E-state index contributed by atoms with van der Waals surface area (Å²) in [6.07, 6.45) is 5.58. The predicted molar refractivity (Wildman–Crippen MR) is 102 cm³/mol. The first-order valence-corrected chi connectivity index (χ1v) is 10.1. The van der Waals surface area contributed by atoms with Gasteiger partial charge in [0, 0.05) is 56.1 Å².